The Balaban J connectivity index is 1.42. The molecular weight excluding hydrogens is 603 g/mol. The first-order valence-electron chi connectivity index (χ1n) is 13.5. The van der Waals surface area contributed by atoms with Crippen LogP contribution < -0.4 is 19.7 Å². The Morgan fingerprint density at radius 3 is 2.52 bits per heavy atom. The number of benzene rings is 3. The zero-order valence-electron chi connectivity index (χ0n) is 23.7. The summed E-state index contributed by atoms with van der Waals surface area (Å²) in [6.45, 7) is 2.42. The van der Waals surface area contributed by atoms with Gasteiger partial charge in [0.05, 0.1) is 25.0 Å². The molecular formula is C33H26F2N4O3S2. The topological polar surface area (TPSA) is 87.5 Å². The number of rotatable bonds is 10. The van der Waals surface area contributed by atoms with Gasteiger partial charge in [-0.3, -0.25) is 9.69 Å². The highest BCUT2D eigenvalue weighted by atomic mass is 32.2. The molecule has 0 bridgehead atoms. The number of aromatic nitrogens is 1. The zero-order valence-corrected chi connectivity index (χ0v) is 25.3. The number of carbonyl (C=O) groups is 1. The van der Waals surface area contributed by atoms with Gasteiger partial charge in [-0.25, -0.2) is 13.8 Å². The SMILES string of the molecule is CCOc1ccc(N2C(=O)/C(=C\c3ccc(OC)c(CSc4nc(C(F)F)cc(-c5ccccc5)c4C#N)c3)NC2=S)cc1. The number of hydrogen-bond acceptors (Lipinski definition) is 7. The summed E-state index contributed by atoms with van der Waals surface area (Å²) >= 11 is 6.61. The van der Waals surface area contributed by atoms with Crippen molar-refractivity contribution >= 4 is 46.8 Å². The van der Waals surface area contributed by atoms with Crippen molar-refractivity contribution in [3.8, 4) is 28.7 Å². The highest BCUT2D eigenvalue weighted by Gasteiger charge is 2.32. The second-order valence-electron chi connectivity index (χ2n) is 9.47. The fourth-order valence-corrected chi connectivity index (χ4v) is 5.94. The van der Waals surface area contributed by atoms with Crippen molar-refractivity contribution < 1.29 is 23.0 Å². The Labute approximate surface area is 263 Å². The van der Waals surface area contributed by atoms with E-state index < -0.39 is 12.1 Å². The standard InChI is InChI=1S/C33H26F2N4O3S2/c1-3-42-24-12-10-23(11-13-24)39-32(40)28(38-33(39)43)16-20-9-14-29(41-2)22(15-20)19-44-31-26(18-36)25(17-27(37-31)30(34)35)21-7-5-4-6-8-21/h4-17,30H,3,19H2,1-2H3,(H,38,43)/b28-16+. The number of methoxy groups -OCH3 is 1. The van der Waals surface area contributed by atoms with Crippen LogP contribution in [0.3, 0.4) is 0 Å². The number of pyridine rings is 1. The maximum Gasteiger partial charge on any atom is 0.281 e. The quantitative estimate of drug-likeness (QED) is 0.110. The molecule has 1 fully saturated rings. The Morgan fingerprint density at radius 1 is 1.11 bits per heavy atom. The van der Waals surface area contributed by atoms with Gasteiger partial charge in [-0.15, -0.1) is 11.8 Å². The van der Waals surface area contributed by atoms with Gasteiger partial charge < -0.3 is 14.8 Å². The van der Waals surface area contributed by atoms with E-state index in [0.29, 0.717) is 46.2 Å². The Morgan fingerprint density at radius 2 is 1.86 bits per heavy atom. The summed E-state index contributed by atoms with van der Waals surface area (Å²) in [4.78, 5) is 18.8. The van der Waals surface area contributed by atoms with Crippen LogP contribution in [0.25, 0.3) is 17.2 Å². The lowest BCUT2D eigenvalue weighted by Gasteiger charge is -2.14. The molecule has 1 N–H and O–H groups in total. The van der Waals surface area contributed by atoms with Crippen LogP contribution in [-0.2, 0) is 10.5 Å². The second kappa shape index (κ2) is 13.7. The van der Waals surface area contributed by atoms with Crippen molar-refractivity contribution in [3.05, 3.63) is 107 Å². The summed E-state index contributed by atoms with van der Waals surface area (Å²) in [5.41, 5.74) is 3.15. The van der Waals surface area contributed by atoms with E-state index in [0.717, 1.165) is 17.3 Å². The van der Waals surface area contributed by atoms with Crippen LogP contribution in [0.15, 0.2) is 89.6 Å². The average Bonchev–Trinajstić information content (AvgIpc) is 3.32. The van der Waals surface area contributed by atoms with Crippen LogP contribution in [-0.4, -0.2) is 29.7 Å². The zero-order chi connectivity index (χ0) is 31.2. The Bertz CT molecular complexity index is 1770. The Hall–Kier alpha value is -4.79. The summed E-state index contributed by atoms with van der Waals surface area (Å²) in [5.74, 6) is 1.20. The van der Waals surface area contributed by atoms with Crippen molar-refractivity contribution in [1.82, 2.24) is 10.3 Å². The molecule has 1 saturated heterocycles. The van der Waals surface area contributed by atoms with Crippen LogP contribution in [0.1, 0.15) is 35.7 Å². The molecule has 1 amide bonds. The summed E-state index contributed by atoms with van der Waals surface area (Å²) in [6.07, 6.45) is -1.13. The number of thiocarbonyl (C=S) groups is 1. The number of nitrogens with zero attached hydrogens (tertiary/aromatic N) is 3. The van der Waals surface area contributed by atoms with Gasteiger partial charge in [0.1, 0.15) is 34.0 Å². The van der Waals surface area contributed by atoms with Crippen molar-refractivity contribution in [1.29, 1.82) is 5.26 Å². The smallest absolute Gasteiger partial charge is 0.281 e. The monoisotopic (exact) mass is 628 g/mol. The third-order valence-electron chi connectivity index (χ3n) is 6.69. The van der Waals surface area contributed by atoms with Crippen LogP contribution in [0.2, 0.25) is 0 Å². The van der Waals surface area contributed by atoms with Gasteiger partial charge >= 0.3 is 0 Å². The summed E-state index contributed by atoms with van der Waals surface area (Å²) in [7, 11) is 1.53. The van der Waals surface area contributed by atoms with Gasteiger partial charge in [-0.05, 0) is 78.8 Å². The van der Waals surface area contributed by atoms with Crippen molar-refractivity contribution in [2.75, 3.05) is 18.6 Å². The molecule has 5 rings (SSSR count). The average molecular weight is 629 g/mol. The molecule has 222 valence electrons. The highest BCUT2D eigenvalue weighted by Crippen LogP contribution is 2.36. The fraction of sp³-hybridized carbons (Fsp3) is 0.152. The maximum atomic E-state index is 13.8. The van der Waals surface area contributed by atoms with E-state index in [4.69, 9.17) is 21.7 Å². The predicted molar refractivity (Wildman–Crippen MR) is 171 cm³/mol. The van der Waals surface area contributed by atoms with Gasteiger partial charge in [-0.2, -0.15) is 5.26 Å². The van der Waals surface area contributed by atoms with E-state index >= 15 is 0 Å². The van der Waals surface area contributed by atoms with Crippen LogP contribution >= 0.6 is 24.0 Å². The highest BCUT2D eigenvalue weighted by molar-refractivity contribution is 7.98. The van der Waals surface area contributed by atoms with Crippen molar-refractivity contribution in [3.63, 3.8) is 0 Å². The van der Waals surface area contributed by atoms with Gasteiger partial charge in [0.15, 0.2) is 5.11 Å². The van der Waals surface area contributed by atoms with E-state index in [1.165, 1.54) is 18.1 Å². The number of nitriles is 1. The summed E-state index contributed by atoms with van der Waals surface area (Å²) < 4.78 is 38.7. The number of alkyl halides is 2. The van der Waals surface area contributed by atoms with E-state index in [-0.39, 0.29) is 27.4 Å². The molecule has 4 aromatic rings. The molecule has 3 aromatic carbocycles. The van der Waals surface area contributed by atoms with E-state index in [1.54, 1.807) is 66.7 Å². The molecule has 0 unspecified atom stereocenters. The number of carbonyl (C=O) groups excluding carboxylic acids is 1. The van der Waals surface area contributed by atoms with Crippen molar-refractivity contribution in [2.45, 2.75) is 24.1 Å². The summed E-state index contributed by atoms with van der Waals surface area (Å²) in [6, 6.07) is 24.8. The fourth-order valence-electron chi connectivity index (χ4n) is 4.65. The lowest BCUT2D eigenvalue weighted by molar-refractivity contribution is -0.113. The van der Waals surface area contributed by atoms with Crippen LogP contribution in [0, 0.1) is 11.3 Å². The molecule has 0 spiro atoms. The molecule has 0 saturated carbocycles. The molecule has 1 aliphatic rings. The van der Waals surface area contributed by atoms with E-state index in [1.807, 2.05) is 19.1 Å². The normalized spacial score (nSPS) is 13.7. The molecule has 7 nitrogen and oxygen atoms in total. The minimum Gasteiger partial charge on any atom is -0.496 e. The number of thioether (sulfide) groups is 1. The third kappa shape index (κ3) is 6.56. The maximum absolute atomic E-state index is 13.8. The Kier molecular flexibility index (Phi) is 9.53. The molecule has 0 radical (unpaired) electrons. The van der Waals surface area contributed by atoms with Crippen LogP contribution in [0.4, 0.5) is 14.5 Å². The lowest BCUT2D eigenvalue weighted by Crippen LogP contribution is -2.30. The third-order valence-corrected chi connectivity index (χ3v) is 8.00. The summed E-state index contributed by atoms with van der Waals surface area (Å²) in [5, 5.41) is 13.4. The number of anilines is 1. The first-order chi connectivity index (χ1) is 21.3. The lowest BCUT2D eigenvalue weighted by atomic mass is 10.0. The van der Waals surface area contributed by atoms with Gasteiger partial charge in [0.25, 0.3) is 12.3 Å². The number of ether oxygens (including phenoxy) is 2. The largest absolute Gasteiger partial charge is 0.496 e. The molecule has 11 heteroatoms. The predicted octanol–water partition coefficient (Wildman–Crippen LogP) is 7.52. The van der Waals surface area contributed by atoms with Gasteiger partial charge in [0, 0.05) is 16.9 Å². The van der Waals surface area contributed by atoms with Crippen LogP contribution in [0.5, 0.6) is 11.5 Å². The number of halogens is 2. The van der Waals surface area contributed by atoms with E-state index in [9.17, 15) is 18.8 Å². The first kappa shape index (κ1) is 30.7. The minimum atomic E-state index is -2.81. The van der Waals surface area contributed by atoms with Gasteiger partial charge in [0.2, 0.25) is 0 Å². The molecule has 0 atom stereocenters. The first-order valence-corrected chi connectivity index (χ1v) is 14.9. The molecule has 44 heavy (non-hydrogen) atoms. The van der Waals surface area contributed by atoms with Crippen molar-refractivity contribution in [2.24, 2.45) is 0 Å². The minimum absolute atomic E-state index is 0.193. The molecule has 1 aromatic heterocycles. The molecule has 0 aliphatic carbocycles. The number of nitrogens with one attached hydrogen (secondary N) is 1. The van der Waals surface area contributed by atoms with Gasteiger partial charge in [-0.1, -0.05) is 36.4 Å². The number of hydrogen-bond donors (Lipinski definition) is 1. The molecule has 2 heterocycles. The molecule has 1 aliphatic heterocycles. The number of amides is 1. The second-order valence-corrected chi connectivity index (χ2v) is 10.8. The van der Waals surface area contributed by atoms with E-state index in [2.05, 4.69) is 16.4 Å².